The van der Waals surface area contributed by atoms with Crippen LogP contribution < -0.4 is 15.0 Å². The van der Waals surface area contributed by atoms with E-state index < -0.39 is 0 Å². The van der Waals surface area contributed by atoms with Gasteiger partial charge in [0.05, 0.1) is 7.11 Å². The minimum Gasteiger partial charge on any atom is -0.481 e. The van der Waals surface area contributed by atoms with Crippen molar-refractivity contribution in [3.8, 4) is 5.88 Å². The van der Waals surface area contributed by atoms with Crippen LogP contribution >= 0.6 is 0 Å². The quantitative estimate of drug-likeness (QED) is 0.713. The predicted molar refractivity (Wildman–Crippen MR) is 62.6 cm³/mol. The van der Waals surface area contributed by atoms with Crippen molar-refractivity contribution < 1.29 is 4.74 Å². The Bertz CT molecular complexity index is 291. The molecule has 0 aliphatic carbocycles. The second-order valence-corrected chi connectivity index (χ2v) is 3.33. The third kappa shape index (κ3) is 3.75. The summed E-state index contributed by atoms with van der Waals surface area (Å²) in [5.74, 6) is 0.655. The van der Waals surface area contributed by atoms with E-state index in [4.69, 9.17) is 4.74 Å². The second kappa shape index (κ2) is 6.24. The summed E-state index contributed by atoms with van der Waals surface area (Å²) in [5.41, 5.74) is 1.12. The Morgan fingerprint density at radius 3 is 3.00 bits per heavy atom. The number of aromatic nitrogens is 1. The molecule has 1 N–H and O–H groups in total. The predicted octanol–water partition coefficient (Wildman–Crippen LogP) is 1.14. The van der Waals surface area contributed by atoms with Crippen molar-refractivity contribution in [3.63, 3.8) is 0 Å². The van der Waals surface area contributed by atoms with E-state index in [1.165, 1.54) is 0 Å². The first-order chi connectivity index (χ1) is 7.27. The molecule has 0 fully saturated rings. The number of nitrogens with zero attached hydrogens (tertiary/aromatic N) is 2. The summed E-state index contributed by atoms with van der Waals surface area (Å²) in [5, 5.41) is 3.29. The SMILES string of the molecule is CCNCCN(C)c1ccnc(OC)c1. The van der Waals surface area contributed by atoms with E-state index in [1.807, 2.05) is 12.1 Å². The van der Waals surface area contributed by atoms with E-state index in [-0.39, 0.29) is 0 Å². The Balaban J connectivity index is 2.52. The van der Waals surface area contributed by atoms with Gasteiger partial charge in [0.1, 0.15) is 0 Å². The normalized spacial score (nSPS) is 10.1. The van der Waals surface area contributed by atoms with Gasteiger partial charge in [0.25, 0.3) is 0 Å². The zero-order chi connectivity index (χ0) is 11.1. The van der Waals surface area contributed by atoms with E-state index in [2.05, 4.69) is 29.2 Å². The summed E-state index contributed by atoms with van der Waals surface area (Å²) in [7, 11) is 3.69. The molecule has 4 nitrogen and oxygen atoms in total. The van der Waals surface area contributed by atoms with Gasteiger partial charge in [-0.1, -0.05) is 6.92 Å². The average Bonchev–Trinajstić information content (AvgIpc) is 2.29. The molecule has 0 atom stereocenters. The van der Waals surface area contributed by atoms with Crippen LogP contribution in [0.1, 0.15) is 6.92 Å². The molecule has 0 amide bonds. The van der Waals surface area contributed by atoms with Crippen LogP contribution in [0.15, 0.2) is 18.3 Å². The van der Waals surface area contributed by atoms with Gasteiger partial charge >= 0.3 is 0 Å². The summed E-state index contributed by atoms with van der Waals surface area (Å²) < 4.78 is 5.08. The molecule has 1 heterocycles. The van der Waals surface area contributed by atoms with Crippen LogP contribution in [0.3, 0.4) is 0 Å². The van der Waals surface area contributed by atoms with E-state index in [0.29, 0.717) is 5.88 Å². The lowest BCUT2D eigenvalue weighted by molar-refractivity contribution is 0.398. The van der Waals surface area contributed by atoms with Gasteiger partial charge < -0.3 is 15.0 Å². The van der Waals surface area contributed by atoms with Gasteiger partial charge in [-0.15, -0.1) is 0 Å². The van der Waals surface area contributed by atoms with Crippen LogP contribution in [-0.2, 0) is 0 Å². The van der Waals surface area contributed by atoms with Crippen molar-refractivity contribution in [2.24, 2.45) is 0 Å². The van der Waals surface area contributed by atoms with Crippen molar-refractivity contribution >= 4 is 5.69 Å². The molecule has 0 saturated heterocycles. The maximum Gasteiger partial charge on any atom is 0.214 e. The third-order valence-corrected chi connectivity index (χ3v) is 2.24. The Labute approximate surface area is 91.3 Å². The molecule has 0 aliphatic heterocycles. The lowest BCUT2D eigenvalue weighted by Gasteiger charge is -2.19. The molecule has 1 aromatic heterocycles. The van der Waals surface area contributed by atoms with Gasteiger partial charge in [-0.3, -0.25) is 0 Å². The monoisotopic (exact) mass is 209 g/mol. The Hall–Kier alpha value is -1.29. The summed E-state index contributed by atoms with van der Waals surface area (Å²) in [6.07, 6.45) is 1.76. The third-order valence-electron chi connectivity index (χ3n) is 2.24. The van der Waals surface area contributed by atoms with Crippen LogP contribution in [0.4, 0.5) is 5.69 Å². The molecule has 0 bridgehead atoms. The minimum absolute atomic E-state index is 0.655. The Morgan fingerprint density at radius 2 is 2.33 bits per heavy atom. The van der Waals surface area contributed by atoms with Crippen LogP contribution in [0, 0.1) is 0 Å². The molecule has 0 radical (unpaired) electrons. The van der Waals surface area contributed by atoms with Gasteiger partial charge in [0.2, 0.25) is 5.88 Å². The van der Waals surface area contributed by atoms with Gasteiger partial charge in [-0.25, -0.2) is 4.98 Å². The first-order valence-electron chi connectivity index (χ1n) is 5.19. The number of rotatable bonds is 6. The molecule has 0 spiro atoms. The van der Waals surface area contributed by atoms with Crippen LogP contribution in [0.5, 0.6) is 5.88 Å². The standard InChI is InChI=1S/C11H19N3O/c1-4-12-7-8-14(2)10-5-6-13-11(9-10)15-3/h5-6,9,12H,4,7-8H2,1-3H3. The van der Waals surface area contributed by atoms with Crippen LogP contribution in [-0.4, -0.2) is 38.8 Å². The lowest BCUT2D eigenvalue weighted by atomic mass is 10.3. The fourth-order valence-corrected chi connectivity index (χ4v) is 1.30. The summed E-state index contributed by atoms with van der Waals surface area (Å²) >= 11 is 0. The van der Waals surface area contributed by atoms with Gasteiger partial charge in [0.15, 0.2) is 0 Å². The van der Waals surface area contributed by atoms with Crippen molar-refractivity contribution in [2.75, 3.05) is 38.7 Å². The van der Waals surface area contributed by atoms with Crippen molar-refractivity contribution in [1.29, 1.82) is 0 Å². The van der Waals surface area contributed by atoms with E-state index in [1.54, 1.807) is 13.3 Å². The van der Waals surface area contributed by atoms with Crippen molar-refractivity contribution in [2.45, 2.75) is 6.92 Å². The van der Waals surface area contributed by atoms with Gasteiger partial charge in [-0.05, 0) is 12.6 Å². The lowest BCUT2D eigenvalue weighted by Crippen LogP contribution is -2.28. The van der Waals surface area contributed by atoms with Gasteiger partial charge in [0, 0.05) is 38.1 Å². The molecular formula is C11H19N3O. The molecule has 15 heavy (non-hydrogen) atoms. The van der Waals surface area contributed by atoms with Crippen molar-refractivity contribution in [1.82, 2.24) is 10.3 Å². The molecule has 1 rings (SSSR count). The number of anilines is 1. The van der Waals surface area contributed by atoms with E-state index >= 15 is 0 Å². The number of methoxy groups -OCH3 is 1. The van der Waals surface area contributed by atoms with Crippen molar-refractivity contribution in [3.05, 3.63) is 18.3 Å². The maximum absolute atomic E-state index is 5.08. The topological polar surface area (TPSA) is 37.4 Å². The molecular weight excluding hydrogens is 190 g/mol. The number of hydrogen-bond acceptors (Lipinski definition) is 4. The molecule has 0 unspecified atom stereocenters. The first kappa shape index (κ1) is 11.8. The highest BCUT2D eigenvalue weighted by atomic mass is 16.5. The smallest absolute Gasteiger partial charge is 0.214 e. The summed E-state index contributed by atoms with van der Waals surface area (Å²) in [6, 6.07) is 3.92. The molecule has 0 saturated carbocycles. The average molecular weight is 209 g/mol. The first-order valence-corrected chi connectivity index (χ1v) is 5.19. The second-order valence-electron chi connectivity index (χ2n) is 3.33. The molecule has 4 heteroatoms. The largest absolute Gasteiger partial charge is 0.481 e. The number of pyridine rings is 1. The molecule has 84 valence electrons. The minimum atomic E-state index is 0.655. The zero-order valence-electron chi connectivity index (χ0n) is 9.66. The maximum atomic E-state index is 5.08. The van der Waals surface area contributed by atoms with Gasteiger partial charge in [-0.2, -0.15) is 0 Å². The zero-order valence-corrected chi connectivity index (χ0v) is 9.66. The fraction of sp³-hybridized carbons (Fsp3) is 0.545. The highest BCUT2D eigenvalue weighted by molar-refractivity contribution is 5.47. The van der Waals surface area contributed by atoms with Crippen LogP contribution in [0.2, 0.25) is 0 Å². The van der Waals surface area contributed by atoms with E-state index in [0.717, 1.165) is 25.3 Å². The molecule has 1 aromatic rings. The number of likely N-dealkylation sites (N-methyl/N-ethyl adjacent to an activating group) is 2. The highest BCUT2D eigenvalue weighted by Crippen LogP contribution is 2.16. The number of ether oxygens (including phenoxy) is 1. The Kier molecular flexibility index (Phi) is 4.90. The fourth-order valence-electron chi connectivity index (χ4n) is 1.30. The molecule has 0 aliphatic rings. The number of nitrogens with one attached hydrogen (secondary N) is 1. The molecule has 0 aromatic carbocycles. The highest BCUT2D eigenvalue weighted by Gasteiger charge is 2.01. The number of hydrogen-bond donors (Lipinski definition) is 1. The van der Waals surface area contributed by atoms with E-state index in [9.17, 15) is 0 Å². The summed E-state index contributed by atoms with van der Waals surface area (Å²) in [4.78, 5) is 6.25. The Morgan fingerprint density at radius 1 is 1.53 bits per heavy atom. The van der Waals surface area contributed by atoms with Crippen LogP contribution in [0.25, 0.3) is 0 Å². The summed E-state index contributed by atoms with van der Waals surface area (Å²) in [6.45, 7) is 5.07.